The smallest absolute Gasteiger partial charge is 0.756 e. The summed E-state index contributed by atoms with van der Waals surface area (Å²) < 4.78 is 48.2. The molecule has 3 heterocycles. The third-order valence-corrected chi connectivity index (χ3v) is 8.07. The summed E-state index contributed by atoms with van der Waals surface area (Å²) in [4.78, 5) is 60.9. The molecule has 1 amide bonds. The van der Waals surface area contributed by atoms with Gasteiger partial charge in [0.2, 0.25) is 5.91 Å². The Hall–Kier alpha value is 0.130. The Balaban J connectivity index is 0.00000420. The van der Waals surface area contributed by atoms with E-state index in [0.717, 1.165) is 19.2 Å². The first-order chi connectivity index (χ1) is 18.0. The summed E-state index contributed by atoms with van der Waals surface area (Å²) in [5.41, 5.74) is -1.79. The van der Waals surface area contributed by atoms with Crippen molar-refractivity contribution in [1.29, 1.82) is 0 Å². The molecule has 0 saturated carbocycles. The normalized spacial score (nSPS) is 34.4. The van der Waals surface area contributed by atoms with Crippen LogP contribution in [0.15, 0.2) is 21.9 Å². The standard InChI is InChI=1S/C17H27N3O17P2.2Na/c1-6(22)18-10-13(26)11(24)7(4-21)35-16(10)36-39(31,32)37-38(29,30)33-5-8-12(25)14(27)15(34-8)20-3-2-9(23)19-17(20)28;;/h2-3,7-8,10-16,21,24-27H,4-5H2,1H3,(H,18,22)(H,29,30)(H,31,32)(H,19,23,28);;/q;2*+1/p-2/t7-,8-,10-,11+,12-,13-,14-,15-,16?;;/m1../s1. The molecular weight excluding hydrogens is 626 g/mol. The van der Waals surface area contributed by atoms with Crippen LogP contribution in [0.25, 0.3) is 0 Å². The van der Waals surface area contributed by atoms with E-state index in [1.54, 1.807) is 0 Å². The number of aromatic amines is 1. The maximum absolute atomic E-state index is 12.3. The Morgan fingerprint density at radius 2 is 1.66 bits per heavy atom. The summed E-state index contributed by atoms with van der Waals surface area (Å²) in [6, 6.07) is -0.844. The second-order valence-corrected chi connectivity index (χ2v) is 11.3. The predicted molar refractivity (Wildman–Crippen MR) is 116 cm³/mol. The summed E-state index contributed by atoms with van der Waals surface area (Å²) in [7, 11) is -11.8. The van der Waals surface area contributed by atoms with Crippen molar-refractivity contribution in [2.45, 2.75) is 62.1 Å². The van der Waals surface area contributed by atoms with Gasteiger partial charge in [-0.1, -0.05) is 0 Å². The van der Waals surface area contributed by atoms with Crippen molar-refractivity contribution >= 4 is 21.6 Å². The molecule has 2 aliphatic heterocycles. The number of amides is 1. The fraction of sp³-hybridized carbons (Fsp3) is 0.706. The molecule has 3 unspecified atom stereocenters. The van der Waals surface area contributed by atoms with Gasteiger partial charge < -0.3 is 54.6 Å². The molecule has 41 heavy (non-hydrogen) atoms. The quantitative estimate of drug-likeness (QED) is 0.0912. The summed E-state index contributed by atoms with van der Waals surface area (Å²) in [6.45, 7) is -1.09. The molecule has 222 valence electrons. The van der Waals surface area contributed by atoms with Crippen molar-refractivity contribution in [3.05, 3.63) is 33.1 Å². The van der Waals surface area contributed by atoms with Crippen LogP contribution in [-0.2, 0) is 36.8 Å². The molecule has 0 radical (unpaired) electrons. The average Bonchev–Trinajstić information content (AvgIpc) is 3.10. The third kappa shape index (κ3) is 10.1. The largest absolute Gasteiger partial charge is 1.00 e. The Labute approximate surface area is 274 Å². The first-order valence-electron chi connectivity index (χ1n) is 10.9. The number of hydrogen-bond donors (Lipinski definition) is 7. The third-order valence-electron chi connectivity index (χ3n) is 5.54. The zero-order valence-electron chi connectivity index (χ0n) is 21.7. The van der Waals surface area contributed by atoms with Crippen LogP contribution in [0.4, 0.5) is 0 Å². The fourth-order valence-corrected chi connectivity index (χ4v) is 5.83. The summed E-state index contributed by atoms with van der Waals surface area (Å²) >= 11 is 0. The molecule has 0 aliphatic carbocycles. The summed E-state index contributed by atoms with van der Waals surface area (Å²) in [5, 5.41) is 51.7. The summed E-state index contributed by atoms with van der Waals surface area (Å²) in [5.74, 6) is -0.829. The SMILES string of the molecule is CC(=O)N[C@H]1C(OP(=O)([O-])OP(=O)([O-])OC[C@H]2O[C@@H](n3ccc(=O)[nH]c3=O)[C@H](O)[C@@H]2O)O[C@H](CO)[C@H](O)[C@@H]1O.[Na+].[Na+]. The fourth-order valence-electron chi connectivity index (χ4n) is 3.74. The average molecular weight is 651 g/mol. The molecular formula is C17H25N3Na2O17P2. The van der Waals surface area contributed by atoms with Gasteiger partial charge in [-0.3, -0.25) is 32.8 Å². The molecule has 1 aromatic heterocycles. The van der Waals surface area contributed by atoms with E-state index >= 15 is 0 Å². The number of phosphoric acid groups is 2. The Morgan fingerprint density at radius 1 is 1.05 bits per heavy atom. The van der Waals surface area contributed by atoms with Gasteiger partial charge in [0.05, 0.1) is 13.2 Å². The number of aliphatic hydroxyl groups excluding tert-OH is 5. The number of aromatic nitrogens is 2. The van der Waals surface area contributed by atoms with Crippen LogP contribution in [0.1, 0.15) is 13.2 Å². The van der Waals surface area contributed by atoms with E-state index in [0.29, 0.717) is 4.57 Å². The number of hydrogen-bond acceptors (Lipinski definition) is 17. The molecule has 7 N–H and O–H groups in total. The van der Waals surface area contributed by atoms with Gasteiger partial charge in [-0.2, -0.15) is 0 Å². The molecule has 20 nitrogen and oxygen atoms in total. The number of nitrogens with zero attached hydrogens (tertiary/aromatic N) is 1. The van der Waals surface area contributed by atoms with Crippen LogP contribution in [0.2, 0.25) is 0 Å². The van der Waals surface area contributed by atoms with Gasteiger partial charge in [-0.15, -0.1) is 0 Å². The molecule has 2 saturated heterocycles. The summed E-state index contributed by atoms with van der Waals surface area (Å²) in [6.07, 6.45) is -13.4. The van der Waals surface area contributed by atoms with E-state index in [1.165, 1.54) is 0 Å². The van der Waals surface area contributed by atoms with E-state index < -0.39 is 101 Å². The minimum atomic E-state index is -5.94. The topological polar surface area (TPSA) is 312 Å². The minimum absolute atomic E-state index is 0. The minimum Gasteiger partial charge on any atom is -0.756 e. The number of H-pyrrole nitrogens is 1. The van der Waals surface area contributed by atoms with Crippen LogP contribution in [-0.4, -0.2) is 103 Å². The monoisotopic (exact) mass is 651 g/mol. The number of ether oxygens (including phenoxy) is 2. The number of phosphoric ester groups is 2. The predicted octanol–water partition coefficient (Wildman–Crippen LogP) is -11.9. The second kappa shape index (κ2) is 15.9. The van der Waals surface area contributed by atoms with Gasteiger partial charge in [0, 0.05) is 19.2 Å². The number of nitrogens with one attached hydrogen (secondary N) is 2. The van der Waals surface area contributed by atoms with Crippen molar-refractivity contribution in [3.8, 4) is 0 Å². The van der Waals surface area contributed by atoms with Gasteiger partial charge in [0.1, 0.15) is 42.7 Å². The van der Waals surface area contributed by atoms with E-state index in [2.05, 4.69) is 18.7 Å². The molecule has 0 spiro atoms. The Morgan fingerprint density at radius 3 is 2.22 bits per heavy atom. The second-order valence-electron chi connectivity index (χ2n) is 8.37. The molecule has 11 atom stereocenters. The maximum Gasteiger partial charge on any atom is 1.00 e. The van der Waals surface area contributed by atoms with Crippen molar-refractivity contribution in [3.63, 3.8) is 0 Å². The van der Waals surface area contributed by atoms with Crippen molar-refractivity contribution in [1.82, 2.24) is 14.9 Å². The van der Waals surface area contributed by atoms with Crippen LogP contribution < -0.4 is 85.5 Å². The number of aliphatic hydroxyl groups is 5. The van der Waals surface area contributed by atoms with Gasteiger partial charge in [0.15, 0.2) is 12.5 Å². The van der Waals surface area contributed by atoms with Gasteiger partial charge >= 0.3 is 64.8 Å². The molecule has 0 aromatic carbocycles. The van der Waals surface area contributed by atoms with E-state index in [4.69, 9.17) is 9.47 Å². The van der Waals surface area contributed by atoms with E-state index in [-0.39, 0.29) is 59.1 Å². The van der Waals surface area contributed by atoms with E-state index in [1.807, 2.05) is 4.98 Å². The van der Waals surface area contributed by atoms with E-state index in [9.17, 15) is 58.8 Å². The number of carbonyl (C=O) groups excluding carboxylic acids is 1. The molecule has 2 aliphatic rings. The first kappa shape index (κ1) is 39.2. The van der Waals surface area contributed by atoms with Crippen LogP contribution in [0.3, 0.4) is 0 Å². The van der Waals surface area contributed by atoms with Crippen molar-refractivity contribution < 1.29 is 131 Å². The maximum atomic E-state index is 12.3. The Bertz CT molecular complexity index is 1250. The number of rotatable bonds is 10. The van der Waals surface area contributed by atoms with Crippen molar-refractivity contribution in [2.75, 3.05) is 13.2 Å². The van der Waals surface area contributed by atoms with Gasteiger partial charge in [0.25, 0.3) is 21.2 Å². The molecule has 2 fully saturated rings. The van der Waals surface area contributed by atoms with Crippen LogP contribution in [0, 0.1) is 0 Å². The molecule has 1 aromatic rings. The zero-order valence-corrected chi connectivity index (χ0v) is 27.5. The first-order valence-corrected chi connectivity index (χ1v) is 13.9. The van der Waals surface area contributed by atoms with Crippen LogP contribution >= 0.6 is 15.6 Å². The van der Waals surface area contributed by atoms with Crippen LogP contribution in [0.5, 0.6) is 0 Å². The van der Waals surface area contributed by atoms with Crippen molar-refractivity contribution in [2.24, 2.45) is 0 Å². The Kier molecular flexibility index (Phi) is 15.2. The molecule has 24 heteroatoms. The molecule has 0 bridgehead atoms. The number of carbonyl (C=O) groups is 1. The zero-order chi connectivity index (χ0) is 29.3. The molecule has 3 rings (SSSR count). The van der Waals surface area contributed by atoms with Gasteiger partial charge in [-0.05, 0) is 0 Å². The van der Waals surface area contributed by atoms with Gasteiger partial charge in [-0.25, -0.2) is 9.11 Å².